The first-order valence-electron chi connectivity index (χ1n) is 19.0. The molecule has 8 bridgehead atoms. The number of anilines is 2. The van der Waals surface area contributed by atoms with Gasteiger partial charge < -0.3 is 15.7 Å². The Morgan fingerprint density at radius 2 is 0.926 bits per heavy atom. The number of nitrogens with two attached hydrogens (primary N) is 2. The van der Waals surface area contributed by atoms with Crippen LogP contribution in [0.25, 0.3) is 89.7 Å². The number of rotatable bonds is 7. The molecule has 5 aromatic carbocycles. The molecule has 346 valence electrons. The van der Waals surface area contributed by atoms with Gasteiger partial charge in [-0.2, -0.15) is 25.3 Å². The topological polar surface area (TPSA) is 404 Å². The van der Waals surface area contributed by atoms with Gasteiger partial charge in [-0.05, 0) is 48.9 Å². The largest absolute Gasteiger partial charge is 0.398 e. The zero-order valence-corrected chi connectivity index (χ0v) is 38.0. The molecule has 0 fully saturated rings. The summed E-state index contributed by atoms with van der Waals surface area (Å²) in [5.41, 5.74) is 3.72. The Balaban J connectivity index is 1.38. The lowest BCUT2D eigenvalue weighted by Crippen LogP contribution is -2.15. The zero-order chi connectivity index (χ0) is 48.6. The number of nitrogens with one attached hydrogen (secondary N) is 3. The molecule has 8 aromatic rings. The first-order chi connectivity index (χ1) is 31.8. The van der Waals surface area contributed by atoms with E-state index in [1.54, 1.807) is 0 Å². The molecule has 0 saturated carbocycles. The maximum atomic E-state index is 14.5. The number of aromatic nitrogens is 8. The molecule has 68 heavy (non-hydrogen) atoms. The van der Waals surface area contributed by atoms with E-state index in [0.717, 1.165) is 30.3 Å². The van der Waals surface area contributed by atoms with Crippen LogP contribution in [0.15, 0.2) is 109 Å². The van der Waals surface area contributed by atoms with Crippen molar-refractivity contribution in [3.8, 4) is 45.6 Å². The summed E-state index contributed by atoms with van der Waals surface area (Å²) >= 11 is 0. The number of fused-ring (bicyclic) bond motifs is 20. The van der Waals surface area contributed by atoms with Crippen LogP contribution >= 0.6 is 0 Å². The Bertz CT molecular complexity index is 4370. The number of hydrogen-bond donors (Lipinski definition) is 8. The Kier molecular flexibility index (Phi) is 9.70. The molecule has 0 unspecified atom stereocenters. The molecule has 0 saturated heterocycles. The van der Waals surface area contributed by atoms with Crippen molar-refractivity contribution in [2.45, 2.75) is 31.4 Å². The van der Waals surface area contributed by atoms with Crippen LogP contribution in [0.1, 0.15) is 5.56 Å². The van der Waals surface area contributed by atoms with Crippen molar-refractivity contribution in [1.82, 2.24) is 39.9 Å². The predicted molar refractivity (Wildman–Crippen MR) is 243 cm³/mol. The van der Waals surface area contributed by atoms with Crippen LogP contribution in [0.3, 0.4) is 0 Å². The van der Waals surface area contributed by atoms with Gasteiger partial charge in [-0.1, -0.05) is 48.5 Å². The third kappa shape index (κ3) is 7.28. The van der Waals surface area contributed by atoms with E-state index in [0.29, 0.717) is 0 Å². The quantitative estimate of drug-likeness (QED) is 0.0827. The third-order valence-electron chi connectivity index (χ3n) is 10.9. The minimum absolute atomic E-state index is 0.0253. The second-order valence-corrected chi connectivity index (χ2v) is 22.4. The lowest BCUT2D eigenvalue weighted by molar-refractivity contribution is 0.480. The van der Waals surface area contributed by atoms with Gasteiger partial charge in [0.2, 0.25) is 10.0 Å². The van der Waals surface area contributed by atoms with Gasteiger partial charge in [0.05, 0.1) is 26.6 Å². The molecule has 0 atom stereocenters. The number of nitrogen functional groups attached to an aromatic ring is 1. The summed E-state index contributed by atoms with van der Waals surface area (Å²) in [4.78, 5) is 30.3. The fraction of sp³-hybridized carbons (Fsp3) is 0.0256. The van der Waals surface area contributed by atoms with E-state index >= 15 is 0 Å². The molecule has 24 nitrogen and oxygen atoms in total. The van der Waals surface area contributed by atoms with Crippen molar-refractivity contribution in [3.63, 3.8) is 0 Å². The van der Waals surface area contributed by atoms with Crippen molar-refractivity contribution in [2.24, 2.45) is 5.14 Å². The summed E-state index contributed by atoms with van der Waals surface area (Å²) in [5, 5.41) is 5.26. The van der Waals surface area contributed by atoms with Crippen LogP contribution < -0.4 is 15.6 Å². The molecule has 5 heterocycles. The Morgan fingerprint density at radius 3 is 1.43 bits per heavy atom. The van der Waals surface area contributed by atoms with E-state index in [1.807, 2.05) is 0 Å². The lowest BCUT2D eigenvalue weighted by atomic mass is 10.1. The monoisotopic (exact) mass is 1020 g/mol. The van der Waals surface area contributed by atoms with Gasteiger partial charge in [-0.15, -0.1) is 0 Å². The molecule has 10 rings (SSSR count). The van der Waals surface area contributed by atoms with Crippen LogP contribution in [0.5, 0.6) is 0 Å². The second kappa shape index (κ2) is 14.8. The van der Waals surface area contributed by atoms with E-state index in [4.69, 9.17) is 10.9 Å². The highest BCUT2D eigenvalue weighted by Crippen LogP contribution is 2.43. The normalized spacial score (nSPS) is 13.1. The van der Waals surface area contributed by atoms with Gasteiger partial charge in [0, 0.05) is 38.4 Å². The second-order valence-electron chi connectivity index (χ2n) is 15.1. The standard InChI is InChI=1S/C39H27N11O13S5/c1-16-22(40)14-17(15-27(16)68(61,62)63)50-65(53,54)24-11-3-7-19-29(24)37-44-32-18-6-2-10-23(64(41,51)52)28(18)36(42-32)43-34-20-8-4-12-25(66(55,56)57)30(20)39(47-34)49-35-21-9-5-13-26(67(58,59)60)31(21)38(48-35)46-33(19)45-37/h2-15,50H,40H2,1H3,(H2,41,51,52)(H,55,56,57)(H,58,59,60)(H,61,62,63)(H2,42,43,44,45,46,47,48,49). The Labute approximate surface area is 382 Å². The smallest absolute Gasteiger partial charge is 0.295 e. The van der Waals surface area contributed by atoms with Gasteiger partial charge in [-0.3, -0.25) is 18.4 Å². The molecule has 2 aliphatic heterocycles. The molecule has 0 aliphatic carbocycles. The van der Waals surface area contributed by atoms with Gasteiger partial charge >= 0.3 is 0 Å². The summed E-state index contributed by atoms with van der Waals surface area (Å²) in [7, 11) is -24.3. The number of benzene rings is 5. The minimum Gasteiger partial charge on any atom is -0.398 e. The molecule has 0 spiro atoms. The van der Waals surface area contributed by atoms with Crippen molar-refractivity contribution in [1.29, 1.82) is 0 Å². The third-order valence-corrected chi connectivity index (χ3v) is 16.0. The number of nitrogens with zero attached hydrogens (tertiary/aromatic N) is 6. The highest BCUT2D eigenvalue weighted by Gasteiger charge is 2.32. The maximum absolute atomic E-state index is 14.5. The SMILES string of the molecule is Cc1c(N)cc(NS(=O)(=O)c2cccc3c2-c2nc-3nc3[nH]c(nc4nc(nc5[nH]c(n2)c2cccc(S(N)(=O)=O)c52)-c2cccc(S(=O)(=O)O)c2-4)c2cccc(S(=O)(=O)O)c32)cc1S(=O)(=O)O. The summed E-state index contributed by atoms with van der Waals surface area (Å²) in [6, 6.07) is 17.2. The van der Waals surface area contributed by atoms with E-state index in [1.165, 1.54) is 61.5 Å². The highest BCUT2D eigenvalue weighted by molar-refractivity contribution is 7.93. The van der Waals surface area contributed by atoms with Crippen molar-refractivity contribution >= 4 is 106 Å². The molecule has 2 aliphatic rings. The van der Waals surface area contributed by atoms with Gasteiger partial charge in [-0.25, -0.2) is 51.9 Å². The summed E-state index contributed by atoms with van der Waals surface area (Å²) < 4.78 is 164. The first kappa shape index (κ1) is 44.5. The number of hydrogen-bond acceptors (Lipinski definition) is 17. The summed E-state index contributed by atoms with van der Waals surface area (Å²) in [6.07, 6.45) is 0. The summed E-state index contributed by atoms with van der Waals surface area (Å²) in [6.45, 7) is 1.30. The van der Waals surface area contributed by atoms with E-state index in [2.05, 4.69) is 44.6 Å². The average Bonchev–Trinajstić information content (AvgIpc) is 3.98. The predicted octanol–water partition coefficient (Wildman–Crippen LogP) is 3.95. The molecule has 3 aromatic heterocycles. The van der Waals surface area contributed by atoms with Crippen LogP contribution in [-0.4, -0.2) is 95.6 Å². The molecular weight excluding hydrogens is 991 g/mol. The molecule has 0 amide bonds. The van der Waals surface area contributed by atoms with Crippen LogP contribution in [0, 0.1) is 6.92 Å². The van der Waals surface area contributed by atoms with Crippen molar-refractivity contribution < 1.29 is 55.7 Å². The molecular formula is C39H27N11O13S5. The summed E-state index contributed by atoms with van der Waals surface area (Å²) in [5.74, 6) is -1.42. The molecule has 29 heteroatoms. The maximum Gasteiger partial charge on any atom is 0.295 e. The van der Waals surface area contributed by atoms with Crippen LogP contribution in [0.4, 0.5) is 11.4 Å². The highest BCUT2D eigenvalue weighted by atomic mass is 32.2. The van der Waals surface area contributed by atoms with Gasteiger partial charge in [0.25, 0.3) is 40.4 Å². The Hall–Kier alpha value is -7.35. The van der Waals surface area contributed by atoms with E-state index in [-0.39, 0.29) is 95.0 Å². The minimum atomic E-state index is -5.04. The average molecular weight is 1020 g/mol. The number of H-pyrrole nitrogens is 2. The fourth-order valence-electron chi connectivity index (χ4n) is 8.00. The fourth-order valence-corrected chi connectivity index (χ4v) is 12.2. The van der Waals surface area contributed by atoms with Crippen LogP contribution in [0.2, 0.25) is 0 Å². The van der Waals surface area contributed by atoms with Crippen molar-refractivity contribution in [2.75, 3.05) is 10.5 Å². The van der Waals surface area contributed by atoms with Gasteiger partial charge in [0.15, 0.2) is 23.3 Å². The Morgan fingerprint density at radius 1 is 0.500 bits per heavy atom. The number of aromatic amines is 2. The van der Waals surface area contributed by atoms with Crippen molar-refractivity contribution in [3.05, 3.63) is 90.5 Å². The number of primary sulfonamides is 1. The van der Waals surface area contributed by atoms with Crippen LogP contribution in [-0.2, 0) is 50.4 Å². The lowest BCUT2D eigenvalue weighted by Gasteiger charge is -2.14. The van der Waals surface area contributed by atoms with Gasteiger partial charge in [0.1, 0.15) is 37.3 Å². The first-order valence-corrected chi connectivity index (χ1v) is 26.4. The van der Waals surface area contributed by atoms with E-state index < -0.39 is 86.5 Å². The number of sulfonamides is 2. The van der Waals surface area contributed by atoms with E-state index in [9.17, 15) is 55.7 Å². The molecule has 10 N–H and O–H groups in total. The molecule has 0 radical (unpaired) electrons. The zero-order valence-electron chi connectivity index (χ0n) is 33.9.